The number of hydrogen-bond donors (Lipinski definition) is 0. The highest BCUT2D eigenvalue weighted by Crippen LogP contribution is 2.45. The summed E-state index contributed by atoms with van der Waals surface area (Å²) < 4.78 is 15.8. The lowest BCUT2D eigenvalue weighted by Crippen LogP contribution is -2.01. The minimum atomic E-state index is 0.543. The number of furan rings is 2. The minimum absolute atomic E-state index is 0.543. The maximum absolute atomic E-state index is 6.99. The SMILES string of the molecule is c1ccc(-c2ccc(-c3nc(-c4cccc5oc6ccccc6c45)nc(-c4cccc5oc6cc(-n7c8cc9ccccc9cc8c8cc9ccccc9cc87)c(-c7ccccc7)cc6c45)n3)cc2)cc1. The molecular weight excluding hydrogens is 869 g/mol. The van der Waals surface area contributed by atoms with E-state index in [9.17, 15) is 0 Å². The highest BCUT2D eigenvalue weighted by atomic mass is 16.3. The fourth-order valence-electron chi connectivity index (χ4n) is 10.9. The number of para-hydroxylation sites is 1. The molecule has 4 heterocycles. The lowest BCUT2D eigenvalue weighted by atomic mass is 9.98. The third-order valence-corrected chi connectivity index (χ3v) is 14.2. The number of rotatable bonds is 6. The van der Waals surface area contributed by atoms with Gasteiger partial charge < -0.3 is 13.4 Å². The van der Waals surface area contributed by atoms with Crippen LogP contribution in [0.25, 0.3) is 149 Å². The molecule has 15 aromatic rings. The molecule has 0 spiro atoms. The summed E-state index contributed by atoms with van der Waals surface area (Å²) in [6.07, 6.45) is 0. The van der Waals surface area contributed by atoms with E-state index < -0.39 is 0 Å². The van der Waals surface area contributed by atoms with Gasteiger partial charge in [0.1, 0.15) is 22.3 Å². The highest BCUT2D eigenvalue weighted by molar-refractivity contribution is 6.19. The molecule has 4 aromatic heterocycles. The van der Waals surface area contributed by atoms with Gasteiger partial charge in [0.2, 0.25) is 0 Å². The minimum Gasteiger partial charge on any atom is -0.456 e. The van der Waals surface area contributed by atoms with Gasteiger partial charge in [-0.1, -0.05) is 176 Å². The standard InChI is InChI=1S/C65H38N4O2/c1-3-15-39(16-4-1)40-29-31-42(32-30-40)63-66-64(48-24-13-27-58-61(48)47-23-11-12-26-57(47)70-58)68-65(67-63)49-25-14-28-59-62(49)53-37-50(41-17-5-2-6-18-41)56(38-60(53)71-59)69-54-35-45-21-9-7-19-43(45)33-51(54)52-34-44-20-8-10-22-46(44)36-55(52)69/h1-38H. The second kappa shape index (κ2) is 15.4. The maximum Gasteiger partial charge on any atom is 0.164 e. The van der Waals surface area contributed by atoms with E-state index in [4.69, 9.17) is 23.8 Å². The summed E-state index contributed by atoms with van der Waals surface area (Å²) in [4.78, 5) is 16.0. The van der Waals surface area contributed by atoms with Crippen LogP contribution >= 0.6 is 0 Å². The number of aromatic nitrogens is 4. The van der Waals surface area contributed by atoms with Crippen LogP contribution in [0.3, 0.4) is 0 Å². The molecule has 0 fully saturated rings. The molecule has 71 heavy (non-hydrogen) atoms. The molecule has 0 atom stereocenters. The molecule has 0 saturated carbocycles. The lowest BCUT2D eigenvalue weighted by molar-refractivity contribution is 0.668. The molecule has 11 aromatic carbocycles. The Hall–Kier alpha value is -9.65. The topological polar surface area (TPSA) is 69.9 Å². The Morgan fingerprint density at radius 1 is 0.282 bits per heavy atom. The molecule has 15 rings (SSSR count). The molecule has 0 aliphatic heterocycles. The summed E-state index contributed by atoms with van der Waals surface area (Å²) in [5, 5.41) is 11.0. The van der Waals surface area contributed by atoms with E-state index in [0.717, 1.165) is 99.5 Å². The second-order valence-electron chi connectivity index (χ2n) is 18.3. The van der Waals surface area contributed by atoms with Crippen LogP contribution in [-0.2, 0) is 0 Å². The summed E-state index contributed by atoms with van der Waals surface area (Å²) >= 11 is 0. The van der Waals surface area contributed by atoms with Crippen molar-refractivity contribution >= 4 is 87.2 Å². The Bertz CT molecular complexity index is 4530. The van der Waals surface area contributed by atoms with Crippen molar-refractivity contribution in [1.29, 1.82) is 0 Å². The molecule has 6 heteroatoms. The zero-order valence-electron chi connectivity index (χ0n) is 38.0. The Morgan fingerprint density at radius 2 is 0.746 bits per heavy atom. The van der Waals surface area contributed by atoms with Crippen LogP contribution in [0.5, 0.6) is 0 Å². The molecule has 0 aliphatic carbocycles. The predicted octanol–water partition coefficient (Wildman–Crippen LogP) is 17.4. The zero-order valence-corrected chi connectivity index (χ0v) is 38.0. The van der Waals surface area contributed by atoms with Gasteiger partial charge in [0.25, 0.3) is 0 Å². The van der Waals surface area contributed by atoms with Crippen LogP contribution in [0.15, 0.2) is 239 Å². The molecule has 0 amide bonds. The van der Waals surface area contributed by atoms with E-state index in [0.29, 0.717) is 17.5 Å². The summed E-state index contributed by atoms with van der Waals surface area (Å²) in [6.45, 7) is 0. The molecule has 0 bridgehead atoms. The monoisotopic (exact) mass is 906 g/mol. The highest BCUT2D eigenvalue weighted by Gasteiger charge is 2.24. The quantitative estimate of drug-likeness (QED) is 0.166. The first-order valence-electron chi connectivity index (χ1n) is 23.9. The Morgan fingerprint density at radius 3 is 1.37 bits per heavy atom. The molecular formula is C65H38N4O2. The smallest absolute Gasteiger partial charge is 0.164 e. The first-order valence-corrected chi connectivity index (χ1v) is 23.9. The fraction of sp³-hybridized carbons (Fsp3) is 0. The van der Waals surface area contributed by atoms with Gasteiger partial charge in [-0.2, -0.15) is 0 Å². The van der Waals surface area contributed by atoms with Crippen LogP contribution < -0.4 is 0 Å². The Kier molecular flexibility index (Phi) is 8.56. The molecule has 0 radical (unpaired) electrons. The molecule has 330 valence electrons. The van der Waals surface area contributed by atoms with Crippen molar-refractivity contribution < 1.29 is 8.83 Å². The normalized spacial score (nSPS) is 11.9. The van der Waals surface area contributed by atoms with Gasteiger partial charge in [-0.05, 0) is 86.8 Å². The average Bonchev–Trinajstić information content (AvgIpc) is 4.10. The summed E-state index contributed by atoms with van der Waals surface area (Å²) in [7, 11) is 0. The molecule has 0 N–H and O–H groups in total. The average molecular weight is 907 g/mol. The van der Waals surface area contributed by atoms with Crippen molar-refractivity contribution in [2.45, 2.75) is 0 Å². The summed E-state index contributed by atoms with van der Waals surface area (Å²) in [5.41, 5.74) is 13.4. The van der Waals surface area contributed by atoms with E-state index in [1.54, 1.807) is 0 Å². The van der Waals surface area contributed by atoms with Gasteiger partial charge in [-0.15, -0.1) is 0 Å². The van der Waals surface area contributed by atoms with Crippen molar-refractivity contribution in [2.24, 2.45) is 0 Å². The zero-order chi connectivity index (χ0) is 46.6. The molecule has 0 aliphatic rings. The van der Waals surface area contributed by atoms with E-state index in [1.165, 1.54) is 32.3 Å². The van der Waals surface area contributed by atoms with Crippen LogP contribution in [0.2, 0.25) is 0 Å². The predicted molar refractivity (Wildman–Crippen MR) is 291 cm³/mol. The third-order valence-electron chi connectivity index (χ3n) is 14.2. The van der Waals surface area contributed by atoms with Crippen molar-refractivity contribution in [1.82, 2.24) is 19.5 Å². The Balaban J connectivity index is 0.993. The van der Waals surface area contributed by atoms with E-state index in [-0.39, 0.29) is 0 Å². The van der Waals surface area contributed by atoms with Crippen molar-refractivity contribution in [3.63, 3.8) is 0 Å². The van der Waals surface area contributed by atoms with Gasteiger partial charge >= 0.3 is 0 Å². The first-order chi connectivity index (χ1) is 35.2. The van der Waals surface area contributed by atoms with E-state index in [1.807, 2.05) is 48.5 Å². The van der Waals surface area contributed by atoms with Gasteiger partial charge in [0, 0.05) is 60.6 Å². The lowest BCUT2D eigenvalue weighted by Gasteiger charge is -2.15. The largest absolute Gasteiger partial charge is 0.456 e. The van der Waals surface area contributed by atoms with Gasteiger partial charge in [-0.25, -0.2) is 15.0 Å². The van der Waals surface area contributed by atoms with Crippen LogP contribution in [0.4, 0.5) is 0 Å². The van der Waals surface area contributed by atoms with E-state index in [2.05, 4.69) is 187 Å². The first kappa shape index (κ1) is 39.4. The second-order valence-corrected chi connectivity index (χ2v) is 18.3. The van der Waals surface area contributed by atoms with Gasteiger partial charge in [0.05, 0.1) is 16.7 Å². The third kappa shape index (κ3) is 6.25. The molecule has 0 saturated heterocycles. The van der Waals surface area contributed by atoms with Crippen molar-refractivity contribution in [3.05, 3.63) is 231 Å². The van der Waals surface area contributed by atoms with Gasteiger partial charge in [0.15, 0.2) is 17.5 Å². The maximum atomic E-state index is 6.99. The molecule has 0 unspecified atom stereocenters. The number of hydrogen-bond acceptors (Lipinski definition) is 5. The van der Waals surface area contributed by atoms with Crippen LogP contribution in [0, 0.1) is 0 Å². The van der Waals surface area contributed by atoms with Gasteiger partial charge in [-0.3, -0.25) is 0 Å². The fourth-order valence-corrected chi connectivity index (χ4v) is 10.9. The number of benzene rings is 11. The van der Waals surface area contributed by atoms with Crippen molar-refractivity contribution in [2.75, 3.05) is 0 Å². The summed E-state index contributed by atoms with van der Waals surface area (Å²) in [5.74, 6) is 1.66. The van der Waals surface area contributed by atoms with Crippen LogP contribution in [-0.4, -0.2) is 19.5 Å². The Labute approximate surface area is 406 Å². The van der Waals surface area contributed by atoms with Crippen molar-refractivity contribution in [3.8, 4) is 62.1 Å². The number of nitrogens with zero attached hydrogens (tertiary/aromatic N) is 4. The van der Waals surface area contributed by atoms with E-state index >= 15 is 0 Å². The summed E-state index contributed by atoms with van der Waals surface area (Å²) in [6, 6.07) is 81.1. The van der Waals surface area contributed by atoms with Crippen LogP contribution in [0.1, 0.15) is 0 Å². The number of fused-ring (bicyclic) bond motifs is 11. The molecule has 6 nitrogen and oxygen atoms in total.